The van der Waals surface area contributed by atoms with Crippen LogP contribution in [0.25, 0.3) is 0 Å². The molecule has 0 aromatic heterocycles. The molecule has 14 heavy (non-hydrogen) atoms. The fourth-order valence-electron chi connectivity index (χ4n) is 2.26. The van der Waals surface area contributed by atoms with Gasteiger partial charge in [-0.05, 0) is 33.1 Å². The summed E-state index contributed by atoms with van der Waals surface area (Å²) in [6.07, 6.45) is 6.12. The molecular weight excluding hydrogens is 178 g/mol. The van der Waals surface area contributed by atoms with Gasteiger partial charge in [0.2, 0.25) is 0 Å². The number of hydrogen-bond acceptors (Lipinski definition) is 3. The van der Waals surface area contributed by atoms with Crippen LogP contribution in [0.1, 0.15) is 33.1 Å². The lowest BCUT2D eigenvalue weighted by Crippen LogP contribution is -2.42. The van der Waals surface area contributed by atoms with Crippen LogP contribution in [0.2, 0.25) is 0 Å². The van der Waals surface area contributed by atoms with Crippen molar-refractivity contribution in [2.45, 2.75) is 38.7 Å². The maximum Gasteiger partial charge on any atom is 0.0635 e. The van der Waals surface area contributed by atoms with Crippen LogP contribution in [-0.2, 0) is 4.74 Å². The number of allylic oxidation sites excluding steroid dienone is 1. The van der Waals surface area contributed by atoms with E-state index in [2.05, 4.69) is 25.6 Å². The van der Waals surface area contributed by atoms with Gasteiger partial charge in [0.25, 0.3) is 0 Å². The molecule has 1 N–H and O–H groups in total. The zero-order valence-corrected chi connectivity index (χ0v) is 8.99. The maximum atomic E-state index is 8.67. The maximum absolute atomic E-state index is 8.67. The number of hydrogen-bond donors (Lipinski definition) is 1. The molecule has 1 fully saturated rings. The van der Waals surface area contributed by atoms with Crippen molar-refractivity contribution in [2.75, 3.05) is 6.61 Å². The van der Waals surface area contributed by atoms with Crippen LogP contribution >= 0.6 is 0 Å². The van der Waals surface area contributed by atoms with E-state index in [9.17, 15) is 0 Å². The third kappa shape index (κ3) is 2.58. The Hall–Kier alpha value is -0.830. The van der Waals surface area contributed by atoms with Crippen LogP contribution in [0.4, 0.5) is 0 Å². The Kier molecular flexibility index (Phi) is 3.32. The van der Waals surface area contributed by atoms with Gasteiger partial charge in [-0.1, -0.05) is 6.08 Å². The predicted octanol–water partition coefficient (Wildman–Crippen LogP) is 2.60. The van der Waals surface area contributed by atoms with Crippen molar-refractivity contribution in [3.8, 4) is 0 Å². The number of ether oxygens (including phenoxy) is 1. The molecule has 0 unspecified atom stereocenters. The van der Waals surface area contributed by atoms with Gasteiger partial charge in [-0.15, -0.1) is 11.7 Å². The van der Waals surface area contributed by atoms with Gasteiger partial charge in [-0.25, -0.2) is 0 Å². The molecule has 0 aromatic rings. The highest BCUT2D eigenvalue weighted by Crippen LogP contribution is 2.40. The SMILES string of the molecule is C=CC[C@@]1(/C=N\O)CCOC(C)(C)C1. The number of oxime groups is 1. The van der Waals surface area contributed by atoms with Crippen LogP contribution in [0.5, 0.6) is 0 Å². The summed E-state index contributed by atoms with van der Waals surface area (Å²) >= 11 is 0. The Balaban J connectivity index is 2.81. The van der Waals surface area contributed by atoms with E-state index in [4.69, 9.17) is 9.94 Å². The Labute approximate surface area is 85.5 Å². The fourth-order valence-corrected chi connectivity index (χ4v) is 2.26. The van der Waals surface area contributed by atoms with Gasteiger partial charge < -0.3 is 9.94 Å². The lowest BCUT2D eigenvalue weighted by Gasteiger charge is -2.42. The Bertz CT molecular complexity index is 235. The summed E-state index contributed by atoms with van der Waals surface area (Å²) in [5.41, 5.74) is -0.208. The number of rotatable bonds is 3. The first-order chi connectivity index (χ1) is 6.54. The highest BCUT2D eigenvalue weighted by atomic mass is 16.5. The molecule has 1 atom stereocenters. The molecule has 0 aliphatic carbocycles. The van der Waals surface area contributed by atoms with Gasteiger partial charge in [-0.2, -0.15) is 0 Å². The van der Waals surface area contributed by atoms with E-state index < -0.39 is 0 Å². The normalized spacial score (nSPS) is 31.9. The molecule has 0 aromatic carbocycles. The molecular formula is C11H19NO2. The second kappa shape index (κ2) is 4.13. The molecule has 1 aliphatic heterocycles. The van der Waals surface area contributed by atoms with Crippen molar-refractivity contribution in [3.63, 3.8) is 0 Å². The minimum absolute atomic E-state index is 0.0712. The van der Waals surface area contributed by atoms with Crippen molar-refractivity contribution in [1.82, 2.24) is 0 Å². The molecule has 0 saturated carbocycles. The Morgan fingerprint density at radius 1 is 1.57 bits per heavy atom. The zero-order chi connectivity index (χ0) is 10.7. The van der Waals surface area contributed by atoms with Gasteiger partial charge in [0.1, 0.15) is 0 Å². The first-order valence-electron chi connectivity index (χ1n) is 4.97. The third-order valence-corrected chi connectivity index (χ3v) is 2.75. The molecule has 0 spiro atoms. The third-order valence-electron chi connectivity index (χ3n) is 2.75. The molecule has 0 amide bonds. The second-order valence-corrected chi connectivity index (χ2v) is 4.63. The first kappa shape index (κ1) is 11.2. The van der Waals surface area contributed by atoms with Crippen LogP contribution in [0.3, 0.4) is 0 Å². The quantitative estimate of drug-likeness (QED) is 0.327. The van der Waals surface area contributed by atoms with E-state index in [1.807, 2.05) is 6.08 Å². The molecule has 1 aliphatic rings. The lowest BCUT2D eigenvalue weighted by atomic mass is 9.72. The van der Waals surface area contributed by atoms with E-state index in [0.29, 0.717) is 6.61 Å². The highest BCUT2D eigenvalue weighted by molar-refractivity contribution is 5.65. The van der Waals surface area contributed by atoms with Crippen molar-refractivity contribution >= 4 is 6.21 Å². The molecule has 0 bridgehead atoms. The summed E-state index contributed by atoms with van der Waals surface area (Å²) in [5, 5.41) is 11.9. The van der Waals surface area contributed by atoms with Crippen LogP contribution in [0, 0.1) is 5.41 Å². The van der Waals surface area contributed by atoms with Crippen molar-refractivity contribution < 1.29 is 9.94 Å². The van der Waals surface area contributed by atoms with E-state index >= 15 is 0 Å². The molecule has 80 valence electrons. The largest absolute Gasteiger partial charge is 0.411 e. The van der Waals surface area contributed by atoms with Gasteiger partial charge in [0.15, 0.2) is 0 Å². The monoisotopic (exact) mass is 197 g/mol. The Morgan fingerprint density at radius 2 is 2.29 bits per heavy atom. The molecule has 3 nitrogen and oxygen atoms in total. The molecule has 1 saturated heterocycles. The molecule has 0 radical (unpaired) electrons. The van der Waals surface area contributed by atoms with Crippen molar-refractivity contribution in [3.05, 3.63) is 12.7 Å². The summed E-state index contributed by atoms with van der Waals surface area (Å²) in [4.78, 5) is 0. The van der Waals surface area contributed by atoms with Gasteiger partial charge in [0, 0.05) is 12.0 Å². The van der Waals surface area contributed by atoms with Crippen LogP contribution in [0.15, 0.2) is 17.8 Å². The highest BCUT2D eigenvalue weighted by Gasteiger charge is 2.39. The second-order valence-electron chi connectivity index (χ2n) is 4.63. The summed E-state index contributed by atoms with van der Waals surface area (Å²) in [6.45, 7) is 8.59. The fraction of sp³-hybridized carbons (Fsp3) is 0.727. The van der Waals surface area contributed by atoms with E-state index in [1.165, 1.54) is 0 Å². The van der Waals surface area contributed by atoms with Gasteiger partial charge >= 0.3 is 0 Å². The standard InChI is InChI=1S/C11H19NO2/c1-4-5-11(9-12-13)6-7-14-10(2,3)8-11/h4,9,13H,1,5-8H2,2-3H3/b12-9-/t11-/m1/s1. The van der Waals surface area contributed by atoms with Gasteiger partial charge in [-0.3, -0.25) is 0 Å². The molecule has 3 heteroatoms. The van der Waals surface area contributed by atoms with Crippen molar-refractivity contribution in [1.29, 1.82) is 0 Å². The summed E-state index contributed by atoms with van der Waals surface area (Å²) < 4.78 is 5.64. The van der Waals surface area contributed by atoms with Gasteiger partial charge in [0.05, 0.1) is 11.8 Å². The summed E-state index contributed by atoms with van der Waals surface area (Å²) in [7, 11) is 0. The van der Waals surface area contributed by atoms with Crippen LogP contribution < -0.4 is 0 Å². The van der Waals surface area contributed by atoms with E-state index in [1.54, 1.807) is 6.21 Å². The topological polar surface area (TPSA) is 41.8 Å². The first-order valence-corrected chi connectivity index (χ1v) is 4.97. The summed E-state index contributed by atoms with van der Waals surface area (Å²) in [6, 6.07) is 0. The minimum atomic E-state index is -0.136. The minimum Gasteiger partial charge on any atom is -0.411 e. The number of nitrogens with zero attached hydrogens (tertiary/aromatic N) is 1. The van der Waals surface area contributed by atoms with Crippen molar-refractivity contribution in [2.24, 2.45) is 10.6 Å². The molecule has 1 heterocycles. The average Bonchev–Trinajstić information content (AvgIpc) is 2.02. The summed E-state index contributed by atoms with van der Waals surface area (Å²) in [5.74, 6) is 0. The molecule has 1 rings (SSSR count). The predicted molar refractivity (Wildman–Crippen MR) is 56.8 cm³/mol. The zero-order valence-electron chi connectivity index (χ0n) is 8.99. The lowest BCUT2D eigenvalue weighted by molar-refractivity contribution is -0.0846. The van der Waals surface area contributed by atoms with Crippen LogP contribution in [-0.4, -0.2) is 23.6 Å². The smallest absolute Gasteiger partial charge is 0.0635 e. The Morgan fingerprint density at radius 3 is 2.79 bits per heavy atom. The average molecular weight is 197 g/mol. The van der Waals surface area contributed by atoms with E-state index in [-0.39, 0.29) is 11.0 Å². The van der Waals surface area contributed by atoms with E-state index in [0.717, 1.165) is 19.3 Å².